The monoisotopic (exact) mass is 308 g/mol. The molecule has 0 aliphatic heterocycles. The van der Waals surface area contributed by atoms with Gasteiger partial charge in [0, 0.05) is 11.8 Å². The number of H-pyrrole nitrogens is 1. The summed E-state index contributed by atoms with van der Waals surface area (Å²) in [5.41, 5.74) is 0.167. The van der Waals surface area contributed by atoms with Crippen molar-refractivity contribution in [2.75, 3.05) is 26.5 Å². The largest absolute Gasteiger partial charge is 0.437 e. The molecule has 0 aliphatic rings. The Morgan fingerprint density at radius 2 is 2.15 bits per heavy atom. The summed E-state index contributed by atoms with van der Waals surface area (Å²) in [4.78, 5) is 26.6. The van der Waals surface area contributed by atoms with Gasteiger partial charge in [-0.3, -0.25) is 14.3 Å². The van der Waals surface area contributed by atoms with Crippen molar-refractivity contribution < 1.29 is 28.2 Å². The van der Waals surface area contributed by atoms with Crippen LogP contribution in [0.1, 0.15) is 12.5 Å². The Bertz CT molecular complexity index is 519. The average Bonchev–Trinajstić information content (AvgIpc) is 2.37. The third-order valence-electron chi connectivity index (χ3n) is 1.98. The van der Waals surface area contributed by atoms with Crippen LogP contribution in [0, 0.1) is 6.92 Å². The minimum atomic E-state index is -3.71. The molecule has 0 bridgehead atoms. The summed E-state index contributed by atoms with van der Waals surface area (Å²) in [6.45, 7) is 2.85. The van der Waals surface area contributed by atoms with Crippen LogP contribution in [0.3, 0.4) is 0 Å². The Morgan fingerprint density at radius 3 is 2.80 bits per heavy atom. The predicted octanol–water partition coefficient (Wildman–Crippen LogP) is 0.585. The van der Waals surface area contributed by atoms with Crippen molar-refractivity contribution in [3.8, 4) is 6.01 Å². The molecule has 0 aromatic carbocycles. The van der Waals surface area contributed by atoms with Gasteiger partial charge in [0.2, 0.25) is 0 Å². The van der Waals surface area contributed by atoms with Crippen LogP contribution in [0.5, 0.6) is 6.01 Å². The van der Waals surface area contributed by atoms with Gasteiger partial charge in [-0.1, -0.05) is 0 Å². The van der Waals surface area contributed by atoms with Gasteiger partial charge in [-0.2, -0.15) is 0 Å². The van der Waals surface area contributed by atoms with Gasteiger partial charge in [-0.15, -0.1) is 0 Å². The van der Waals surface area contributed by atoms with Crippen molar-refractivity contribution in [2.45, 2.75) is 13.8 Å². The molecule has 2 N–H and O–H groups in total. The number of aryl methyl sites for hydroxylation is 1. The number of nitrogens with one attached hydrogen (secondary N) is 1. The zero-order chi connectivity index (χ0) is 15.0. The van der Waals surface area contributed by atoms with Gasteiger partial charge in [0.15, 0.2) is 19.9 Å². The molecule has 0 spiro atoms. The van der Waals surface area contributed by atoms with Gasteiger partial charge in [0.05, 0.1) is 6.61 Å². The van der Waals surface area contributed by atoms with E-state index >= 15 is 0 Å². The lowest BCUT2D eigenvalue weighted by Gasteiger charge is -2.11. The van der Waals surface area contributed by atoms with Crippen molar-refractivity contribution in [3.63, 3.8) is 0 Å². The first kappa shape index (κ1) is 16.8. The van der Waals surface area contributed by atoms with Crippen LogP contribution in [0.25, 0.3) is 0 Å². The van der Waals surface area contributed by atoms with Gasteiger partial charge >= 0.3 is 7.60 Å². The average molecular weight is 308 g/mol. The summed E-state index contributed by atoms with van der Waals surface area (Å²) in [6.07, 6.45) is 0.898. The molecule has 0 amide bonds. The van der Waals surface area contributed by atoms with Crippen LogP contribution in [-0.4, -0.2) is 41.4 Å². The topological polar surface area (TPSA) is 120 Å². The lowest BCUT2D eigenvalue weighted by atomic mass is 10.4. The van der Waals surface area contributed by atoms with Crippen molar-refractivity contribution in [1.29, 1.82) is 0 Å². The normalized spacial score (nSPS) is 13.9. The fraction of sp³-hybridized carbons (Fsp3) is 0.600. The van der Waals surface area contributed by atoms with E-state index < -0.39 is 13.9 Å². The van der Waals surface area contributed by atoms with E-state index in [2.05, 4.69) is 14.5 Å². The van der Waals surface area contributed by atoms with E-state index in [-0.39, 0.29) is 31.8 Å². The van der Waals surface area contributed by atoms with Crippen LogP contribution in [0.2, 0.25) is 0 Å². The molecule has 1 heterocycles. The first-order chi connectivity index (χ1) is 9.44. The molecule has 0 fully saturated rings. The molecule has 0 saturated carbocycles. The smallest absolute Gasteiger partial charge is 0.353 e. The molecule has 1 atom stereocenters. The summed E-state index contributed by atoms with van der Waals surface area (Å²) >= 11 is 0. The van der Waals surface area contributed by atoms with Crippen LogP contribution in [0.15, 0.2) is 11.0 Å². The third-order valence-corrected chi connectivity index (χ3v) is 3.16. The van der Waals surface area contributed by atoms with E-state index in [1.807, 2.05) is 0 Å². The number of ether oxygens (including phenoxy) is 3. The van der Waals surface area contributed by atoms with E-state index in [1.165, 1.54) is 6.20 Å². The summed E-state index contributed by atoms with van der Waals surface area (Å²) in [5, 5.41) is 0. The van der Waals surface area contributed by atoms with E-state index in [0.717, 1.165) is 0 Å². The Morgan fingerprint density at radius 1 is 1.40 bits per heavy atom. The molecule has 1 aromatic heterocycles. The third kappa shape index (κ3) is 6.27. The van der Waals surface area contributed by atoms with Gasteiger partial charge < -0.3 is 23.6 Å². The first-order valence-electron chi connectivity index (χ1n) is 5.75. The highest BCUT2D eigenvalue weighted by Gasteiger charge is 2.18. The maximum absolute atomic E-state index is 11.2. The van der Waals surface area contributed by atoms with E-state index in [1.54, 1.807) is 13.8 Å². The second-order valence-electron chi connectivity index (χ2n) is 3.67. The fourth-order valence-electron chi connectivity index (χ4n) is 1.10. The molecule has 20 heavy (non-hydrogen) atoms. The quantitative estimate of drug-likeness (QED) is 0.386. The second-order valence-corrected chi connectivity index (χ2v) is 5.46. The highest BCUT2D eigenvalue weighted by Crippen LogP contribution is 2.41. The number of aromatic amines is 1. The molecule has 0 saturated heterocycles. The number of hydrogen-bond donors (Lipinski definition) is 2. The summed E-state index contributed by atoms with van der Waals surface area (Å²) in [7, 11) is -3.71. The summed E-state index contributed by atoms with van der Waals surface area (Å²) < 4.78 is 30.5. The van der Waals surface area contributed by atoms with Gasteiger partial charge in [-0.05, 0) is 13.8 Å². The molecule has 1 unspecified atom stereocenters. The fourth-order valence-corrected chi connectivity index (χ4v) is 1.88. The standard InChI is InChI=1S/C10H17N2O7P/c1-3-19-20(14,15)7-17-5-16-6-18-10-11-4-8(2)9(13)12-10/h4H,3,5-7H2,1-2H3,(H,14,15)(H,11,12,13). The molecule has 1 rings (SSSR count). The van der Waals surface area contributed by atoms with Crippen LogP contribution in [-0.2, 0) is 18.6 Å². The van der Waals surface area contributed by atoms with Crippen molar-refractivity contribution in [1.82, 2.24) is 9.97 Å². The van der Waals surface area contributed by atoms with Gasteiger partial charge in [0.1, 0.15) is 0 Å². The summed E-state index contributed by atoms with van der Waals surface area (Å²) in [5.74, 6) is 0. The molecular formula is C10H17N2O7P. The maximum atomic E-state index is 11.2. The minimum Gasteiger partial charge on any atom is -0.437 e. The molecule has 0 radical (unpaired) electrons. The Hall–Kier alpha value is -1.25. The van der Waals surface area contributed by atoms with Crippen molar-refractivity contribution >= 4 is 7.60 Å². The lowest BCUT2D eigenvalue weighted by molar-refractivity contribution is -0.0934. The van der Waals surface area contributed by atoms with Crippen LogP contribution >= 0.6 is 7.60 Å². The van der Waals surface area contributed by atoms with Crippen molar-refractivity contribution in [2.24, 2.45) is 0 Å². The van der Waals surface area contributed by atoms with Gasteiger partial charge in [-0.25, -0.2) is 4.98 Å². The molecule has 0 aliphatic carbocycles. The van der Waals surface area contributed by atoms with Gasteiger partial charge in [0.25, 0.3) is 11.6 Å². The number of rotatable bonds is 9. The highest BCUT2D eigenvalue weighted by atomic mass is 31.2. The molecule has 114 valence electrons. The molecular weight excluding hydrogens is 291 g/mol. The second kappa shape index (κ2) is 8.13. The number of aromatic nitrogens is 2. The zero-order valence-electron chi connectivity index (χ0n) is 11.2. The molecule has 9 nitrogen and oxygen atoms in total. The Balaban J connectivity index is 2.18. The van der Waals surface area contributed by atoms with Crippen LogP contribution in [0.4, 0.5) is 0 Å². The highest BCUT2D eigenvalue weighted by molar-refractivity contribution is 7.52. The first-order valence-corrected chi connectivity index (χ1v) is 7.51. The Kier molecular flexibility index (Phi) is 6.83. The maximum Gasteiger partial charge on any atom is 0.353 e. The SMILES string of the molecule is CCOP(=O)(O)COCOCOc1ncc(C)c(=O)[nH]1. The zero-order valence-corrected chi connectivity index (χ0v) is 12.1. The number of hydrogen-bond acceptors (Lipinski definition) is 7. The molecule has 10 heteroatoms. The van der Waals surface area contributed by atoms with E-state index in [0.29, 0.717) is 5.56 Å². The predicted molar refractivity (Wildman–Crippen MR) is 68.4 cm³/mol. The lowest BCUT2D eigenvalue weighted by Crippen LogP contribution is -2.14. The number of nitrogens with zero attached hydrogens (tertiary/aromatic N) is 1. The van der Waals surface area contributed by atoms with E-state index in [4.69, 9.17) is 14.2 Å². The summed E-state index contributed by atoms with van der Waals surface area (Å²) in [6, 6.07) is 0.0164. The van der Waals surface area contributed by atoms with E-state index in [9.17, 15) is 14.3 Å². The Labute approximate surface area is 115 Å². The molecule has 1 aromatic rings. The van der Waals surface area contributed by atoms with Crippen LogP contribution < -0.4 is 10.3 Å². The minimum absolute atomic E-state index is 0.0164. The van der Waals surface area contributed by atoms with Crippen molar-refractivity contribution in [3.05, 3.63) is 22.1 Å².